The number of hydrogen-bond acceptors (Lipinski definition) is 2. The quantitative estimate of drug-likeness (QED) is 0.169. The Balaban J connectivity index is 1.06. The lowest BCUT2D eigenvalue weighted by Crippen LogP contribution is -2.03. The van der Waals surface area contributed by atoms with Crippen LogP contribution in [0.25, 0.3) is 120 Å². The zero-order valence-electron chi connectivity index (χ0n) is 31.3. The van der Waals surface area contributed by atoms with Crippen molar-refractivity contribution in [1.29, 1.82) is 0 Å². The van der Waals surface area contributed by atoms with Gasteiger partial charge in [-0.05, 0) is 104 Å². The molecule has 58 heavy (non-hydrogen) atoms. The Hall–Kier alpha value is -7.82. The summed E-state index contributed by atoms with van der Waals surface area (Å²) in [7, 11) is 0. The van der Waals surface area contributed by atoms with Crippen molar-refractivity contribution in [2.75, 3.05) is 0 Å². The smallest absolute Gasteiger partial charge is 0.235 e. The summed E-state index contributed by atoms with van der Waals surface area (Å²) in [5, 5.41) is 15.6. The lowest BCUT2D eigenvalue weighted by atomic mass is 9.98. The zero-order chi connectivity index (χ0) is 37.9. The minimum atomic E-state index is 0.655. The van der Waals surface area contributed by atoms with E-state index in [1.807, 2.05) is 0 Å². The van der Waals surface area contributed by atoms with Gasteiger partial charge in [0.2, 0.25) is 5.95 Å². The molecule has 13 rings (SSSR count). The van der Waals surface area contributed by atoms with Crippen LogP contribution in [0.1, 0.15) is 0 Å². The van der Waals surface area contributed by atoms with E-state index in [1.165, 1.54) is 70.3 Å². The van der Waals surface area contributed by atoms with Gasteiger partial charge in [0.25, 0.3) is 0 Å². The summed E-state index contributed by atoms with van der Waals surface area (Å²) in [5.74, 6) is 0.655. The lowest BCUT2D eigenvalue weighted by Gasteiger charge is -2.13. The standard InChI is InChI=1S/C54H32N4/c1-2-13-36-31-51-46(28-35(36)12-1)42-15-6-9-19-49(42)57(51)40-26-25-37-29-47-43-16-7-10-20-50(43)58(52(47)32-39(37)27-40)54-55-48-18-8-5-17-44(48)53(56-54)38-24-23-34-22-21-33-11-3-4-14-41(33)45(34)30-38/h1-32H. The van der Waals surface area contributed by atoms with Gasteiger partial charge in [0, 0.05) is 38.2 Å². The molecule has 0 aliphatic carbocycles. The Bertz CT molecular complexity index is 3870. The maximum Gasteiger partial charge on any atom is 0.235 e. The van der Waals surface area contributed by atoms with E-state index in [9.17, 15) is 0 Å². The second-order valence-electron chi connectivity index (χ2n) is 15.4. The monoisotopic (exact) mass is 736 g/mol. The highest BCUT2D eigenvalue weighted by molar-refractivity contribution is 6.16. The fraction of sp³-hybridized carbons (Fsp3) is 0. The molecule has 4 heteroatoms. The van der Waals surface area contributed by atoms with Crippen LogP contribution < -0.4 is 0 Å². The van der Waals surface area contributed by atoms with Gasteiger partial charge < -0.3 is 4.57 Å². The second-order valence-corrected chi connectivity index (χ2v) is 15.4. The Morgan fingerprint density at radius 2 is 0.828 bits per heavy atom. The number of rotatable bonds is 3. The summed E-state index contributed by atoms with van der Waals surface area (Å²) < 4.78 is 4.68. The molecule has 0 amide bonds. The van der Waals surface area contributed by atoms with Crippen LogP contribution in [-0.2, 0) is 0 Å². The average Bonchev–Trinajstić information content (AvgIpc) is 3.78. The van der Waals surface area contributed by atoms with Crippen molar-refractivity contribution in [3.05, 3.63) is 194 Å². The molecule has 268 valence electrons. The fourth-order valence-corrected chi connectivity index (χ4v) is 9.52. The lowest BCUT2D eigenvalue weighted by molar-refractivity contribution is 1.01. The number of aromatic nitrogens is 4. The third-order valence-electron chi connectivity index (χ3n) is 12.2. The Kier molecular flexibility index (Phi) is 6.41. The predicted molar refractivity (Wildman–Crippen MR) is 244 cm³/mol. The molecule has 10 aromatic carbocycles. The first kappa shape index (κ1) is 31.4. The van der Waals surface area contributed by atoms with Crippen LogP contribution in [0.15, 0.2) is 194 Å². The van der Waals surface area contributed by atoms with Crippen LogP contribution in [0.5, 0.6) is 0 Å². The van der Waals surface area contributed by atoms with Gasteiger partial charge in [0.15, 0.2) is 0 Å². The molecular formula is C54H32N4. The van der Waals surface area contributed by atoms with E-state index in [1.54, 1.807) is 0 Å². The predicted octanol–water partition coefficient (Wildman–Crippen LogP) is 14.1. The molecule has 4 nitrogen and oxygen atoms in total. The first-order valence-electron chi connectivity index (χ1n) is 19.8. The summed E-state index contributed by atoms with van der Waals surface area (Å²) in [6.07, 6.45) is 0. The van der Waals surface area contributed by atoms with Gasteiger partial charge in [-0.1, -0.05) is 133 Å². The number of para-hydroxylation sites is 3. The van der Waals surface area contributed by atoms with Crippen LogP contribution in [-0.4, -0.2) is 19.1 Å². The van der Waals surface area contributed by atoms with E-state index >= 15 is 0 Å². The summed E-state index contributed by atoms with van der Waals surface area (Å²) >= 11 is 0. The molecule has 0 saturated carbocycles. The Morgan fingerprint density at radius 1 is 0.293 bits per heavy atom. The normalized spacial score (nSPS) is 12.1. The molecule has 0 bridgehead atoms. The van der Waals surface area contributed by atoms with Crippen LogP contribution in [0.2, 0.25) is 0 Å². The van der Waals surface area contributed by atoms with E-state index in [2.05, 4.69) is 203 Å². The molecule has 0 aliphatic heterocycles. The summed E-state index contributed by atoms with van der Waals surface area (Å²) in [6.45, 7) is 0. The third kappa shape index (κ3) is 4.51. The molecule has 3 aromatic heterocycles. The van der Waals surface area contributed by atoms with Crippen molar-refractivity contribution in [2.24, 2.45) is 0 Å². The van der Waals surface area contributed by atoms with Crippen LogP contribution in [0.4, 0.5) is 0 Å². The van der Waals surface area contributed by atoms with E-state index in [-0.39, 0.29) is 0 Å². The van der Waals surface area contributed by atoms with Gasteiger partial charge in [-0.3, -0.25) is 4.57 Å². The number of benzene rings is 10. The summed E-state index contributed by atoms with van der Waals surface area (Å²) in [5.41, 5.74) is 8.58. The summed E-state index contributed by atoms with van der Waals surface area (Å²) in [4.78, 5) is 10.8. The highest BCUT2D eigenvalue weighted by atomic mass is 15.2. The molecule has 3 heterocycles. The highest BCUT2D eigenvalue weighted by Gasteiger charge is 2.19. The number of hydrogen-bond donors (Lipinski definition) is 0. The molecule has 0 unspecified atom stereocenters. The minimum absolute atomic E-state index is 0.655. The maximum absolute atomic E-state index is 5.48. The van der Waals surface area contributed by atoms with Gasteiger partial charge in [-0.2, -0.15) is 0 Å². The van der Waals surface area contributed by atoms with Crippen molar-refractivity contribution >= 4 is 97.6 Å². The molecule has 0 spiro atoms. The fourth-order valence-electron chi connectivity index (χ4n) is 9.52. The van der Waals surface area contributed by atoms with Gasteiger partial charge in [0.1, 0.15) is 0 Å². The molecule has 0 fully saturated rings. The van der Waals surface area contributed by atoms with Crippen LogP contribution in [0, 0.1) is 0 Å². The van der Waals surface area contributed by atoms with Gasteiger partial charge in [0.05, 0.1) is 33.3 Å². The SMILES string of the molecule is c1ccc2cc3c(cc2c1)c1ccccc1n3-c1ccc2cc3c4ccccc4n(-c4nc(-c5ccc6ccc7ccccc7c6c5)c5ccccc5n4)c3cc2c1. The summed E-state index contributed by atoms with van der Waals surface area (Å²) in [6, 6.07) is 70.4. The van der Waals surface area contributed by atoms with E-state index < -0.39 is 0 Å². The van der Waals surface area contributed by atoms with Crippen molar-refractivity contribution in [3.63, 3.8) is 0 Å². The van der Waals surface area contributed by atoms with Crippen molar-refractivity contribution in [2.45, 2.75) is 0 Å². The van der Waals surface area contributed by atoms with E-state index in [4.69, 9.17) is 9.97 Å². The van der Waals surface area contributed by atoms with Crippen LogP contribution in [0.3, 0.4) is 0 Å². The van der Waals surface area contributed by atoms with Crippen molar-refractivity contribution in [1.82, 2.24) is 19.1 Å². The maximum atomic E-state index is 5.48. The highest BCUT2D eigenvalue weighted by Crippen LogP contribution is 2.39. The van der Waals surface area contributed by atoms with Gasteiger partial charge in [-0.25, -0.2) is 9.97 Å². The molecule has 0 aliphatic rings. The van der Waals surface area contributed by atoms with Crippen molar-refractivity contribution < 1.29 is 0 Å². The minimum Gasteiger partial charge on any atom is -0.309 e. The van der Waals surface area contributed by atoms with Crippen molar-refractivity contribution in [3.8, 4) is 22.9 Å². The Labute approximate surface area is 332 Å². The molecular weight excluding hydrogens is 705 g/mol. The first-order chi connectivity index (χ1) is 28.7. The van der Waals surface area contributed by atoms with Gasteiger partial charge >= 0.3 is 0 Å². The molecule has 0 radical (unpaired) electrons. The topological polar surface area (TPSA) is 35.6 Å². The third-order valence-corrected chi connectivity index (χ3v) is 12.2. The molecule has 0 atom stereocenters. The Morgan fingerprint density at radius 3 is 1.60 bits per heavy atom. The van der Waals surface area contributed by atoms with Gasteiger partial charge in [-0.15, -0.1) is 0 Å². The average molecular weight is 737 g/mol. The largest absolute Gasteiger partial charge is 0.309 e. The molecule has 0 saturated heterocycles. The first-order valence-corrected chi connectivity index (χ1v) is 19.8. The van der Waals surface area contributed by atoms with Crippen LogP contribution >= 0.6 is 0 Å². The number of nitrogens with zero attached hydrogens (tertiary/aromatic N) is 4. The zero-order valence-corrected chi connectivity index (χ0v) is 31.3. The van der Waals surface area contributed by atoms with E-state index in [0.29, 0.717) is 5.95 Å². The second kappa shape index (κ2) is 11.8. The molecule has 13 aromatic rings. The number of fused-ring (bicyclic) bond motifs is 12. The van der Waals surface area contributed by atoms with E-state index in [0.717, 1.165) is 44.3 Å². The molecule has 0 N–H and O–H groups in total.